The lowest BCUT2D eigenvalue weighted by molar-refractivity contribution is 0.0996. The normalized spacial score (nSPS) is 14.6. The summed E-state index contributed by atoms with van der Waals surface area (Å²) in [6.45, 7) is 0. The molecule has 1 heterocycles. The lowest BCUT2D eigenvalue weighted by Gasteiger charge is -2.03. The molecule has 1 aromatic heterocycles. The number of carbonyl (C=O) groups excluding carboxylic acids is 1. The third-order valence-electron chi connectivity index (χ3n) is 3.90. The van der Waals surface area contributed by atoms with Gasteiger partial charge in [0.15, 0.2) is 5.78 Å². The Morgan fingerprint density at radius 2 is 2.05 bits per heavy atom. The van der Waals surface area contributed by atoms with Crippen molar-refractivity contribution in [2.75, 3.05) is 0 Å². The number of thiophene rings is 1. The molecular weight excluding hydrogens is 307 g/mol. The minimum Gasteiger partial charge on any atom is -0.293 e. The first-order valence-electron chi connectivity index (χ1n) is 7.23. The lowest BCUT2D eigenvalue weighted by atomic mass is 10.1. The molecule has 0 unspecified atom stereocenters. The maximum atomic E-state index is 13.4. The van der Waals surface area contributed by atoms with Gasteiger partial charge in [0, 0.05) is 11.3 Å². The summed E-state index contributed by atoms with van der Waals surface area (Å²) in [5, 5.41) is 0.0592. The molecule has 3 rings (SSSR count). The smallest absolute Gasteiger partial charge is 0.177 e. The van der Waals surface area contributed by atoms with Crippen LogP contribution in [0.5, 0.6) is 0 Å². The van der Waals surface area contributed by atoms with Crippen LogP contribution in [0, 0.1) is 5.82 Å². The molecule has 1 aliphatic rings. The third kappa shape index (κ3) is 3.19. The van der Waals surface area contributed by atoms with Gasteiger partial charge in [0.05, 0.1) is 9.90 Å². The second-order valence-corrected chi connectivity index (χ2v) is 6.95. The van der Waals surface area contributed by atoms with Crippen LogP contribution in [0.2, 0.25) is 5.02 Å². The Balaban J connectivity index is 1.81. The maximum Gasteiger partial charge on any atom is 0.177 e. The highest BCUT2D eigenvalue weighted by atomic mass is 35.5. The molecule has 0 saturated carbocycles. The Labute approximate surface area is 132 Å². The van der Waals surface area contributed by atoms with E-state index in [1.165, 1.54) is 35.8 Å². The number of fused-ring (bicyclic) bond motifs is 1. The highest BCUT2D eigenvalue weighted by Gasteiger charge is 2.18. The highest BCUT2D eigenvalue weighted by molar-refractivity contribution is 7.14. The van der Waals surface area contributed by atoms with Gasteiger partial charge in [-0.15, -0.1) is 11.3 Å². The van der Waals surface area contributed by atoms with Crippen molar-refractivity contribution in [1.29, 1.82) is 0 Å². The van der Waals surface area contributed by atoms with Crippen LogP contribution in [0.1, 0.15) is 44.9 Å². The monoisotopic (exact) mass is 322 g/mol. The molecule has 0 N–H and O–H groups in total. The fraction of sp³-hybridized carbons (Fsp3) is 0.353. The number of aryl methyl sites for hydroxylation is 2. The minimum absolute atomic E-state index is 0.0283. The quantitative estimate of drug-likeness (QED) is 0.558. The van der Waals surface area contributed by atoms with Crippen molar-refractivity contribution >= 4 is 28.7 Å². The van der Waals surface area contributed by atoms with Gasteiger partial charge in [0.2, 0.25) is 0 Å². The fourth-order valence-corrected chi connectivity index (χ4v) is 4.13. The molecule has 21 heavy (non-hydrogen) atoms. The van der Waals surface area contributed by atoms with Crippen molar-refractivity contribution in [1.82, 2.24) is 0 Å². The highest BCUT2D eigenvalue weighted by Crippen LogP contribution is 2.30. The molecule has 2 aromatic rings. The second kappa shape index (κ2) is 6.29. The molecule has 0 spiro atoms. The van der Waals surface area contributed by atoms with Crippen LogP contribution in [0.25, 0.3) is 0 Å². The molecule has 0 radical (unpaired) electrons. The zero-order valence-electron chi connectivity index (χ0n) is 11.6. The van der Waals surface area contributed by atoms with Crippen LogP contribution >= 0.6 is 22.9 Å². The average Bonchev–Trinajstić information content (AvgIpc) is 2.75. The predicted octanol–water partition coefficient (Wildman–Crippen LogP) is 5.23. The van der Waals surface area contributed by atoms with E-state index in [9.17, 15) is 9.18 Å². The van der Waals surface area contributed by atoms with Crippen molar-refractivity contribution in [2.45, 2.75) is 38.5 Å². The van der Waals surface area contributed by atoms with Crippen LogP contribution in [0.3, 0.4) is 0 Å². The topological polar surface area (TPSA) is 17.1 Å². The summed E-state index contributed by atoms with van der Waals surface area (Å²) < 4.78 is 13.4. The van der Waals surface area contributed by atoms with E-state index in [2.05, 4.69) is 0 Å². The molecule has 0 amide bonds. The molecule has 0 saturated heterocycles. The molecule has 0 atom stereocenters. The van der Waals surface area contributed by atoms with Crippen molar-refractivity contribution in [2.24, 2.45) is 0 Å². The molecule has 1 aromatic carbocycles. The number of halogens is 2. The van der Waals surface area contributed by atoms with Gasteiger partial charge >= 0.3 is 0 Å². The molecule has 0 aliphatic heterocycles. The average molecular weight is 323 g/mol. The number of carbonyl (C=O) groups is 1. The molecule has 0 fully saturated rings. The van der Waals surface area contributed by atoms with Crippen LogP contribution in [0.4, 0.5) is 4.39 Å². The van der Waals surface area contributed by atoms with Gasteiger partial charge in [-0.3, -0.25) is 4.79 Å². The van der Waals surface area contributed by atoms with Gasteiger partial charge < -0.3 is 0 Å². The van der Waals surface area contributed by atoms with E-state index in [0.29, 0.717) is 5.56 Å². The summed E-state index contributed by atoms with van der Waals surface area (Å²) in [5.41, 5.74) is 1.89. The number of rotatable bonds is 3. The fourth-order valence-electron chi connectivity index (χ4n) is 2.75. The summed E-state index contributed by atoms with van der Waals surface area (Å²) in [6, 6.07) is 6.64. The van der Waals surface area contributed by atoms with Gasteiger partial charge in [-0.25, -0.2) is 4.39 Å². The van der Waals surface area contributed by atoms with Gasteiger partial charge in [0.1, 0.15) is 5.82 Å². The molecule has 1 aliphatic carbocycles. The molecule has 110 valence electrons. The number of ketones is 1. The van der Waals surface area contributed by atoms with Crippen LogP contribution in [-0.2, 0) is 19.3 Å². The summed E-state index contributed by atoms with van der Waals surface area (Å²) >= 11 is 7.52. The first-order valence-corrected chi connectivity index (χ1v) is 8.42. The molecule has 4 heteroatoms. The summed E-state index contributed by atoms with van der Waals surface area (Å²) in [7, 11) is 0. The standard InChI is InChI=1S/C17H16ClFOS/c18-17-12(6-4-7-13(17)19)9-14(20)16-10-11-5-2-1-3-8-15(11)21-16/h4,6-7,10H,1-3,5,8-9H2. The van der Waals surface area contributed by atoms with Crippen molar-refractivity contribution < 1.29 is 9.18 Å². The SMILES string of the molecule is O=C(Cc1cccc(F)c1Cl)c1cc2c(s1)CCCCC2. The zero-order valence-corrected chi connectivity index (χ0v) is 13.2. The maximum absolute atomic E-state index is 13.4. The summed E-state index contributed by atoms with van der Waals surface area (Å²) in [6.07, 6.45) is 5.98. The second-order valence-electron chi connectivity index (χ2n) is 5.43. The Bertz CT molecular complexity index is 654. The largest absolute Gasteiger partial charge is 0.293 e. The first-order chi connectivity index (χ1) is 10.1. The Morgan fingerprint density at radius 3 is 2.90 bits per heavy atom. The van der Waals surface area contributed by atoms with E-state index in [1.807, 2.05) is 6.07 Å². The Hall–Kier alpha value is -1.19. The number of Topliss-reactive ketones (excluding diaryl/α,β-unsaturated/α-hetero) is 1. The van der Waals surface area contributed by atoms with E-state index in [1.54, 1.807) is 23.5 Å². The number of hydrogen-bond donors (Lipinski definition) is 0. The summed E-state index contributed by atoms with van der Waals surface area (Å²) in [4.78, 5) is 14.5. The summed E-state index contributed by atoms with van der Waals surface area (Å²) in [5.74, 6) is -0.440. The lowest BCUT2D eigenvalue weighted by Crippen LogP contribution is -2.02. The Morgan fingerprint density at radius 1 is 1.24 bits per heavy atom. The first kappa shape index (κ1) is 14.7. The van der Waals surface area contributed by atoms with Crippen LogP contribution in [-0.4, -0.2) is 5.78 Å². The molecule has 0 bridgehead atoms. The van der Waals surface area contributed by atoms with E-state index < -0.39 is 5.82 Å². The van der Waals surface area contributed by atoms with E-state index in [4.69, 9.17) is 11.6 Å². The van der Waals surface area contributed by atoms with Crippen LogP contribution in [0.15, 0.2) is 24.3 Å². The van der Waals surface area contributed by atoms with E-state index in [0.717, 1.165) is 17.7 Å². The van der Waals surface area contributed by atoms with E-state index >= 15 is 0 Å². The van der Waals surface area contributed by atoms with Crippen LogP contribution < -0.4 is 0 Å². The third-order valence-corrected chi connectivity index (χ3v) is 5.61. The molecular formula is C17H16ClFOS. The number of benzene rings is 1. The number of hydrogen-bond acceptors (Lipinski definition) is 2. The van der Waals surface area contributed by atoms with Gasteiger partial charge in [-0.05, 0) is 48.9 Å². The Kier molecular flexibility index (Phi) is 4.41. The van der Waals surface area contributed by atoms with Gasteiger partial charge in [0.25, 0.3) is 0 Å². The van der Waals surface area contributed by atoms with Gasteiger partial charge in [-0.2, -0.15) is 0 Å². The van der Waals surface area contributed by atoms with Crippen molar-refractivity contribution in [3.05, 3.63) is 56.0 Å². The molecule has 1 nitrogen and oxygen atoms in total. The minimum atomic E-state index is -0.469. The zero-order chi connectivity index (χ0) is 14.8. The van der Waals surface area contributed by atoms with Crippen molar-refractivity contribution in [3.63, 3.8) is 0 Å². The van der Waals surface area contributed by atoms with Crippen molar-refractivity contribution in [3.8, 4) is 0 Å². The van der Waals surface area contributed by atoms with E-state index in [-0.39, 0.29) is 17.2 Å². The predicted molar refractivity (Wildman–Crippen MR) is 85.0 cm³/mol. The van der Waals surface area contributed by atoms with Gasteiger partial charge in [-0.1, -0.05) is 30.2 Å².